The van der Waals surface area contributed by atoms with Crippen LogP contribution < -0.4 is 5.32 Å². The average Bonchev–Trinajstić information content (AvgIpc) is 2.25. The molecule has 0 saturated carbocycles. The molecule has 2 nitrogen and oxygen atoms in total. The maximum absolute atomic E-state index is 11.2. The smallest absolute Gasteiger partial charge is 0.243 e. The average molecular weight is 217 g/mol. The highest BCUT2D eigenvalue weighted by molar-refractivity contribution is 5.87. The van der Waals surface area contributed by atoms with Crippen LogP contribution >= 0.6 is 0 Å². The third-order valence-electron chi connectivity index (χ3n) is 1.79. The minimum Gasteiger partial charge on any atom is -0.352 e. The predicted octanol–water partition coefficient (Wildman–Crippen LogP) is 2.12. The van der Waals surface area contributed by atoms with Crippen LogP contribution in [0.1, 0.15) is 33.1 Å². The van der Waals surface area contributed by atoms with E-state index >= 15 is 0 Å². The number of hydrogen-bond acceptors (Lipinski definition) is 1. The van der Waals surface area contributed by atoms with Crippen molar-refractivity contribution in [2.24, 2.45) is 5.92 Å². The largest absolute Gasteiger partial charge is 0.352 e. The Morgan fingerprint density at radius 3 is 2.88 bits per heavy atom. The summed E-state index contributed by atoms with van der Waals surface area (Å²) in [5, 5.41) is 2.81. The van der Waals surface area contributed by atoms with Gasteiger partial charge in [-0.05, 0) is 36.7 Å². The Balaban J connectivity index is 3.53. The molecule has 0 aliphatic rings. The Labute approximate surface area is 98.5 Å². The van der Waals surface area contributed by atoms with Crippen molar-refractivity contribution in [2.45, 2.75) is 33.1 Å². The zero-order valence-corrected chi connectivity index (χ0v) is 10.0. The molecule has 0 spiro atoms. The molecule has 0 aromatic carbocycles. The molecule has 0 unspecified atom stereocenters. The number of carbonyl (C=O) groups excluding carboxylic acids is 1. The van der Waals surface area contributed by atoms with Gasteiger partial charge < -0.3 is 5.32 Å². The van der Waals surface area contributed by atoms with Gasteiger partial charge in [-0.2, -0.15) is 0 Å². The van der Waals surface area contributed by atoms with Crippen molar-refractivity contribution >= 4 is 5.91 Å². The highest BCUT2D eigenvalue weighted by Gasteiger charge is 1.96. The Kier molecular flexibility index (Phi) is 8.84. The molecule has 0 heterocycles. The zero-order valence-electron chi connectivity index (χ0n) is 10.0. The number of amides is 1. The fraction of sp³-hybridized carbons (Fsp3) is 0.500. The number of terminal acetylenes is 1. The van der Waals surface area contributed by atoms with Crippen LogP contribution in [0.3, 0.4) is 0 Å². The standard InChI is InChI=1S/C14H19NO/c1-4-5-6-7-8-9-10-11-14(16)15-12-13(2)3/h1,10-11,13H,7-9,12H2,2-3H3,(H,15,16)/b11-10+. The summed E-state index contributed by atoms with van der Waals surface area (Å²) in [6.07, 6.45) is 11.0. The van der Waals surface area contributed by atoms with Gasteiger partial charge in [-0.15, -0.1) is 6.42 Å². The first kappa shape index (κ1) is 14.3. The van der Waals surface area contributed by atoms with Gasteiger partial charge in [0.25, 0.3) is 0 Å². The first-order valence-electron chi connectivity index (χ1n) is 5.54. The number of allylic oxidation sites excluding steroid dienone is 1. The number of hydrogen-bond donors (Lipinski definition) is 1. The Morgan fingerprint density at radius 2 is 2.25 bits per heavy atom. The first-order chi connectivity index (χ1) is 7.66. The van der Waals surface area contributed by atoms with E-state index in [1.54, 1.807) is 6.08 Å². The zero-order chi connectivity index (χ0) is 12.2. The van der Waals surface area contributed by atoms with Crippen LogP contribution in [0, 0.1) is 30.1 Å². The molecular formula is C14H19NO. The second-order valence-corrected chi connectivity index (χ2v) is 3.88. The van der Waals surface area contributed by atoms with E-state index in [4.69, 9.17) is 6.42 Å². The molecule has 0 saturated heterocycles. The summed E-state index contributed by atoms with van der Waals surface area (Å²) in [6, 6.07) is 0. The lowest BCUT2D eigenvalue weighted by Gasteiger charge is -2.03. The lowest BCUT2D eigenvalue weighted by molar-refractivity contribution is -0.116. The van der Waals surface area contributed by atoms with Gasteiger partial charge in [0.05, 0.1) is 0 Å². The maximum atomic E-state index is 11.2. The molecule has 0 aromatic rings. The van der Waals surface area contributed by atoms with Crippen LogP contribution in [0.25, 0.3) is 0 Å². The second-order valence-electron chi connectivity index (χ2n) is 3.88. The van der Waals surface area contributed by atoms with Gasteiger partial charge in [-0.3, -0.25) is 4.79 Å². The van der Waals surface area contributed by atoms with E-state index in [9.17, 15) is 4.79 Å². The van der Waals surface area contributed by atoms with E-state index in [2.05, 4.69) is 36.9 Å². The fourth-order valence-electron chi connectivity index (χ4n) is 0.976. The molecule has 0 fully saturated rings. The van der Waals surface area contributed by atoms with Crippen molar-refractivity contribution in [3.8, 4) is 24.2 Å². The molecule has 16 heavy (non-hydrogen) atoms. The minimum atomic E-state index is -0.0246. The monoisotopic (exact) mass is 217 g/mol. The van der Waals surface area contributed by atoms with Crippen LogP contribution in [-0.2, 0) is 4.79 Å². The van der Waals surface area contributed by atoms with Crippen LogP contribution in [0.2, 0.25) is 0 Å². The molecule has 0 aliphatic carbocycles. The lowest BCUT2D eigenvalue weighted by atomic mass is 10.2. The lowest BCUT2D eigenvalue weighted by Crippen LogP contribution is -2.25. The van der Waals surface area contributed by atoms with Crippen molar-refractivity contribution in [1.82, 2.24) is 5.32 Å². The van der Waals surface area contributed by atoms with Crippen molar-refractivity contribution < 1.29 is 4.79 Å². The summed E-state index contributed by atoms with van der Waals surface area (Å²) < 4.78 is 0. The van der Waals surface area contributed by atoms with Crippen LogP contribution in [0.15, 0.2) is 12.2 Å². The number of unbranched alkanes of at least 4 members (excludes halogenated alkanes) is 2. The highest BCUT2D eigenvalue weighted by atomic mass is 16.1. The molecule has 2 heteroatoms. The quantitative estimate of drug-likeness (QED) is 0.412. The second kappa shape index (κ2) is 9.87. The molecule has 0 aromatic heterocycles. The Morgan fingerprint density at radius 1 is 1.50 bits per heavy atom. The molecule has 0 radical (unpaired) electrons. The van der Waals surface area contributed by atoms with E-state index in [0.717, 1.165) is 25.8 Å². The van der Waals surface area contributed by atoms with E-state index in [1.165, 1.54) is 0 Å². The van der Waals surface area contributed by atoms with E-state index < -0.39 is 0 Å². The van der Waals surface area contributed by atoms with Crippen LogP contribution in [0.5, 0.6) is 0 Å². The van der Waals surface area contributed by atoms with E-state index in [0.29, 0.717) is 5.92 Å². The van der Waals surface area contributed by atoms with Gasteiger partial charge in [0.1, 0.15) is 0 Å². The van der Waals surface area contributed by atoms with Crippen molar-refractivity contribution in [3.63, 3.8) is 0 Å². The summed E-state index contributed by atoms with van der Waals surface area (Å²) >= 11 is 0. The van der Waals surface area contributed by atoms with Gasteiger partial charge >= 0.3 is 0 Å². The van der Waals surface area contributed by atoms with Crippen molar-refractivity contribution in [3.05, 3.63) is 12.2 Å². The van der Waals surface area contributed by atoms with Crippen molar-refractivity contribution in [1.29, 1.82) is 0 Å². The molecule has 0 rings (SSSR count). The Bertz CT molecular complexity index is 323. The summed E-state index contributed by atoms with van der Waals surface area (Å²) in [5.41, 5.74) is 0. The Hall–Kier alpha value is -1.67. The van der Waals surface area contributed by atoms with Crippen LogP contribution in [-0.4, -0.2) is 12.5 Å². The topological polar surface area (TPSA) is 29.1 Å². The number of rotatable bonds is 6. The molecule has 1 N–H and O–H groups in total. The van der Waals surface area contributed by atoms with Gasteiger partial charge in [0.2, 0.25) is 5.91 Å². The number of carbonyl (C=O) groups is 1. The summed E-state index contributed by atoms with van der Waals surface area (Å²) in [4.78, 5) is 11.2. The molecule has 1 amide bonds. The van der Waals surface area contributed by atoms with E-state index in [1.807, 2.05) is 6.08 Å². The van der Waals surface area contributed by atoms with Crippen molar-refractivity contribution in [2.75, 3.05) is 6.54 Å². The van der Waals surface area contributed by atoms with Gasteiger partial charge in [0.15, 0.2) is 0 Å². The van der Waals surface area contributed by atoms with Gasteiger partial charge in [-0.1, -0.05) is 25.8 Å². The molecule has 0 bridgehead atoms. The third kappa shape index (κ3) is 10.4. The molecular weight excluding hydrogens is 198 g/mol. The van der Waals surface area contributed by atoms with E-state index in [-0.39, 0.29) is 5.91 Å². The maximum Gasteiger partial charge on any atom is 0.243 e. The molecule has 0 aliphatic heterocycles. The normalized spacial score (nSPS) is 9.62. The van der Waals surface area contributed by atoms with Crippen LogP contribution in [0.4, 0.5) is 0 Å². The SMILES string of the molecule is C#CC#CCCC/C=C/C(=O)NCC(C)C. The fourth-order valence-corrected chi connectivity index (χ4v) is 0.976. The minimum absolute atomic E-state index is 0.0246. The van der Waals surface area contributed by atoms with Gasteiger partial charge in [-0.25, -0.2) is 0 Å². The summed E-state index contributed by atoms with van der Waals surface area (Å²) in [6.45, 7) is 4.85. The molecule has 86 valence electrons. The first-order valence-corrected chi connectivity index (χ1v) is 5.54. The summed E-state index contributed by atoms with van der Waals surface area (Å²) in [7, 11) is 0. The summed E-state index contributed by atoms with van der Waals surface area (Å²) in [5.74, 6) is 8.12. The molecule has 0 atom stereocenters. The highest BCUT2D eigenvalue weighted by Crippen LogP contribution is 1.95. The van der Waals surface area contributed by atoms with Gasteiger partial charge in [0, 0.05) is 13.0 Å². The predicted molar refractivity (Wildman–Crippen MR) is 67.4 cm³/mol. The number of nitrogens with one attached hydrogen (secondary N) is 1. The third-order valence-corrected chi connectivity index (χ3v) is 1.79.